The number of carboxylic acid groups (broad SMARTS) is 1. The lowest BCUT2D eigenvalue weighted by Crippen LogP contribution is -2.58. The Morgan fingerprint density at radius 1 is 1.12 bits per heavy atom. The number of carbonyl (C=O) groups is 1. The molecule has 0 spiro atoms. The highest BCUT2D eigenvalue weighted by Gasteiger charge is 2.39. The van der Waals surface area contributed by atoms with Crippen molar-refractivity contribution in [2.75, 3.05) is 13.1 Å². The van der Waals surface area contributed by atoms with Gasteiger partial charge in [0.25, 0.3) is 0 Å². The minimum atomic E-state index is -4.53. The van der Waals surface area contributed by atoms with E-state index in [4.69, 9.17) is 16.7 Å². The number of nitrogens with zero attached hydrogens (tertiary/aromatic N) is 2. The molecule has 0 amide bonds. The van der Waals surface area contributed by atoms with Gasteiger partial charge in [-0.3, -0.25) is 9.69 Å². The number of piperazine rings is 1. The van der Waals surface area contributed by atoms with Gasteiger partial charge in [-0.25, -0.2) is 8.42 Å². The first-order chi connectivity index (χ1) is 15.7. The number of aliphatic carboxylic acids is 1. The number of aryl methyl sites for hydroxylation is 1. The predicted molar refractivity (Wildman–Crippen MR) is 122 cm³/mol. The first-order valence-corrected chi connectivity index (χ1v) is 12.4. The van der Waals surface area contributed by atoms with Gasteiger partial charge in [0.2, 0.25) is 10.0 Å². The van der Waals surface area contributed by atoms with Gasteiger partial charge in [0.15, 0.2) is 0 Å². The number of benzene rings is 2. The molecule has 11 heteroatoms. The van der Waals surface area contributed by atoms with Crippen LogP contribution in [-0.2, 0) is 34.0 Å². The average Bonchev–Trinajstić information content (AvgIpc) is 2.67. The third-order valence-electron chi connectivity index (χ3n) is 5.90. The molecular formula is C23H26ClF3N2O4S. The summed E-state index contributed by atoms with van der Waals surface area (Å²) in [6.07, 6.45) is -4.80. The van der Waals surface area contributed by atoms with Gasteiger partial charge in [0.1, 0.15) is 0 Å². The largest absolute Gasteiger partial charge is 0.481 e. The SMILES string of the molecule is Cc1ccc(S(=O)(=O)N2[C@H](C)CN(Cc3ccc(C(F)(F)F)c(Cl)c3)C[C@@H]2C)cc1CC(=O)O. The summed E-state index contributed by atoms with van der Waals surface area (Å²) in [5.74, 6) is -1.05. The van der Waals surface area contributed by atoms with Crippen molar-refractivity contribution < 1.29 is 31.5 Å². The number of alkyl halides is 3. The Morgan fingerprint density at radius 3 is 2.26 bits per heavy atom. The van der Waals surface area contributed by atoms with E-state index in [9.17, 15) is 26.4 Å². The summed E-state index contributed by atoms with van der Waals surface area (Å²) >= 11 is 5.83. The van der Waals surface area contributed by atoms with E-state index in [1.165, 1.54) is 28.6 Å². The molecule has 0 bridgehead atoms. The fourth-order valence-electron chi connectivity index (χ4n) is 4.45. The maximum absolute atomic E-state index is 13.4. The lowest BCUT2D eigenvalue weighted by Gasteiger charge is -2.43. The molecule has 0 unspecified atom stereocenters. The summed E-state index contributed by atoms with van der Waals surface area (Å²) in [6, 6.07) is 7.29. The van der Waals surface area contributed by atoms with Gasteiger partial charge in [0, 0.05) is 31.7 Å². The van der Waals surface area contributed by atoms with Gasteiger partial charge in [-0.15, -0.1) is 0 Å². The zero-order valence-corrected chi connectivity index (χ0v) is 20.5. The Balaban J connectivity index is 1.78. The lowest BCUT2D eigenvalue weighted by atomic mass is 10.1. The predicted octanol–water partition coefficient (Wildman–Crippen LogP) is 4.58. The van der Waals surface area contributed by atoms with Crippen LogP contribution in [0.2, 0.25) is 5.02 Å². The van der Waals surface area contributed by atoms with Crippen molar-refractivity contribution >= 4 is 27.6 Å². The van der Waals surface area contributed by atoms with E-state index in [0.29, 0.717) is 36.3 Å². The van der Waals surface area contributed by atoms with Crippen molar-refractivity contribution in [3.8, 4) is 0 Å². The number of halogens is 4. The molecule has 2 aromatic carbocycles. The van der Waals surface area contributed by atoms with E-state index >= 15 is 0 Å². The van der Waals surface area contributed by atoms with E-state index in [0.717, 1.165) is 6.07 Å². The molecule has 0 aliphatic carbocycles. The number of carboxylic acids is 1. The third-order valence-corrected chi connectivity index (χ3v) is 8.33. The topological polar surface area (TPSA) is 77.9 Å². The minimum Gasteiger partial charge on any atom is -0.481 e. The molecule has 3 rings (SSSR count). The van der Waals surface area contributed by atoms with Gasteiger partial charge >= 0.3 is 12.1 Å². The Labute approximate surface area is 202 Å². The quantitative estimate of drug-likeness (QED) is 0.606. The number of rotatable bonds is 6. The maximum atomic E-state index is 13.4. The molecule has 2 atom stereocenters. The Hall–Kier alpha value is -2.14. The Morgan fingerprint density at radius 2 is 1.74 bits per heavy atom. The second-order valence-corrected chi connectivity index (χ2v) is 10.9. The molecule has 1 aliphatic rings. The third kappa shape index (κ3) is 5.73. The zero-order valence-electron chi connectivity index (χ0n) is 18.9. The Kier molecular flexibility index (Phi) is 7.66. The second kappa shape index (κ2) is 9.85. The Bertz CT molecular complexity index is 1180. The number of hydrogen-bond donors (Lipinski definition) is 1. The van der Waals surface area contributed by atoms with Crippen LogP contribution in [0.15, 0.2) is 41.3 Å². The summed E-state index contributed by atoms with van der Waals surface area (Å²) < 4.78 is 67.2. The van der Waals surface area contributed by atoms with Crippen molar-refractivity contribution in [1.29, 1.82) is 0 Å². The maximum Gasteiger partial charge on any atom is 0.417 e. The molecule has 1 fully saturated rings. The van der Waals surface area contributed by atoms with Gasteiger partial charge in [-0.05, 0) is 61.7 Å². The van der Waals surface area contributed by atoms with E-state index in [-0.39, 0.29) is 16.3 Å². The summed E-state index contributed by atoms with van der Waals surface area (Å²) in [6.45, 7) is 6.34. The van der Waals surface area contributed by atoms with Crippen LogP contribution in [0.5, 0.6) is 0 Å². The lowest BCUT2D eigenvalue weighted by molar-refractivity contribution is -0.138. The number of hydrogen-bond acceptors (Lipinski definition) is 4. The van der Waals surface area contributed by atoms with Crippen LogP contribution in [0.3, 0.4) is 0 Å². The van der Waals surface area contributed by atoms with Gasteiger partial charge in [-0.2, -0.15) is 17.5 Å². The molecule has 0 radical (unpaired) electrons. The molecular weight excluding hydrogens is 493 g/mol. The smallest absolute Gasteiger partial charge is 0.417 e. The van der Waals surface area contributed by atoms with E-state index in [2.05, 4.69) is 0 Å². The van der Waals surface area contributed by atoms with E-state index in [1.807, 2.05) is 4.90 Å². The summed E-state index contributed by atoms with van der Waals surface area (Å²) in [5, 5.41) is 8.74. The standard InChI is InChI=1S/C23H26ClF3N2O4S/c1-14-4-6-19(9-18(14)10-22(30)31)34(32,33)29-15(2)11-28(12-16(29)3)13-17-5-7-20(21(24)8-17)23(25,26)27/h4-9,15-16H,10-13H2,1-3H3,(H,30,31)/t15-,16+. The molecule has 6 nitrogen and oxygen atoms in total. The molecule has 1 saturated heterocycles. The van der Waals surface area contributed by atoms with Crippen molar-refractivity contribution in [3.05, 3.63) is 63.7 Å². The van der Waals surface area contributed by atoms with E-state index in [1.54, 1.807) is 26.8 Å². The van der Waals surface area contributed by atoms with Crippen molar-refractivity contribution in [2.24, 2.45) is 0 Å². The molecule has 0 saturated carbocycles. The van der Waals surface area contributed by atoms with Crippen LogP contribution in [-0.4, -0.2) is 53.9 Å². The van der Waals surface area contributed by atoms with Crippen LogP contribution in [0, 0.1) is 6.92 Å². The molecule has 0 aromatic heterocycles. The van der Waals surface area contributed by atoms with Crippen LogP contribution in [0.25, 0.3) is 0 Å². The highest BCUT2D eigenvalue weighted by Crippen LogP contribution is 2.35. The monoisotopic (exact) mass is 518 g/mol. The zero-order chi connectivity index (χ0) is 25.4. The van der Waals surface area contributed by atoms with Crippen LogP contribution < -0.4 is 0 Å². The minimum absolute atomic E-state index is 0.0380. The fraction of sp³-hybridized carbons (Fsp3) is 0.435. The first-order valence-electron chi connectivity index (χ1n) is 10.6. The van der Waals surface area contributed by atoms with Gasteiger partial charge < -0.3 is 5.11 Å². The number of sulfonamides is 1. The fourth-order valence-corrected chi connectivity index (χ4v) is 6.61. The second-order valence-electron chi connectivity index (χ2n) is 8.70. The summed E-state index contributed by atoms with van der Waals surface area (Å²) in [4.78, 5) is 13.1. The normalized spacial score (nSPS) is 20.4. The van der Waals surface area contributed by atoms with Crippen LogP contribution >= 0.6 is 11.6 Å². The summed E-state index contributed by atoms with van der Waals surface area (Å²) in [7, 11) is -3.89. The van der Waals surface area contributed by atoms with Crippen LogP contribution in [0.4, 0.5) is 13.2 Å². The van der Waals surface area contributed by atoms with Crippen molar-refractivity contribution in [2.45, 2.75) is 56.9 Å². The highest BCUT2D eigenvalue weighted by molar-refractivity contribution is 7.89. The van der Waals surface area contributed by atoms with Crippen molar-refractivity contribution in [1.82, 2.24) is 9.21 Å². The first kappa shape index (κ1) is 26.5. The van der Waals surface area contributed by atoms with E-state index < -0.39 is 39.8 Å². The molecule has 1 aliphatic heterocycles. The van der Waals surface area contributed by atoms with Crippen LogP contribution in [0.1, 0.15) is 36.1 Å². The van der Waals surface area contributed by atoms with Gasteiger partial charge in [0.05, 0.1) is 21.9 Å². The molecule has 1 N–H and O–H groups in total. The highest BCUT2D eigenvalue weighted by atomic mass is 35.5. The molecule has 34 heavy (non-hydrogen) atoms. The average molecular weight is 519 g/mol. The van der Waals surface area contributed by atoms with Crippen molar-refractivity contribution in [3.63, 3.8) is 0 Å². The molecule has 186 valence electrons. The van der Waals surface area contributed by atoms with Gasteiger partial charge in [-0.1, -0.05) is 23.7 Å². The molecule has 1 heterocycles. The molecule has 2 aromatic rings. The summed E-state index contributed by atoms with van der Waals surface area (Å²) in [5.41, 5.74) is 0.843.